The SMILES string of the molecule is CC(C)(N)Cc1c(Br)ccc2c1COCO2. The average Bonchev–Trinajstić information content (AvgIpc) is 2.21. The molecule has 0 amide bonds. The highest BCUT2D eigenvalue weighted by molar-refractivity contribution is 9.10. The topological polar surface area (TPSA) is 44.5 Å². The van der Waals surface area contributed by atoms with E-state index in [1.807, 2.05) is 26.0 Å². The Morgan fingerprint density at radius 1 is 1.44 bits per heavy atom. The number of benzene rings is 1. The maximum absolute atomic E-state index is 6.07. The van der Waals surface area contributed by atoms with Crippen molar-refractivity contribution in [3.63, 3.8) is 0 Å². The van der Waals surface area contributed by atoms with Crippen molar-refractivity contribution in [2.45, 2.75) is 32.4 Å². The summed E-state index contributed by atoms with van der Waals surface area (Å²) >= 11 is 3.56. The van der Waals surface area contributed by atoms with Crippen LogP contribution in [0.2, 0.25) is 0 Å². The molecule has 1 aromatic carbocycles. The van der Waals surface area contributed by atoms with Gasteiger partial charge >= 0.3 is 0 Å². The van der Waals surface area contributed by atoms with E-state index in [4.69, 9.17) is 15.2 Å². The lowest BCUT2D eigenvalue weighted by Crippen LogP contribution is -2.35. The molecule has 1 heterocycles. The summed E-state index contributed by atoms with van der Waals surface area (Å²) in [5.74, 6) is 0.911. The fourth-order valence-corrected chi connectivity index (χ4v) is 2.34. The van der Waals surface area contributed by atoms with Gasteiger partial charge in [0, 0.05) is 15.6 Å². The summed E-state index contributed by atoms with van der Waals surface area (Å²) in [5, 5.41) is 0. The molecular formula is C12H16BrNO2. The lowest BCUT2D eigenvalue weighted by molar-refractivity contribution is -0.0169. The summed E-state index contributed by atoms with van der Waals surface area (Å²) in [4.78, 5) is 0. The van der Waals surface area contributed by atoms with Crippen molar-refractivity contribution in [3.8, 4) is 5.75 Å². The number of nitrogens with two attached hydrogens (primary N) is 1. The predicted octanol–water partition coefficient (Wildman–Crippen LogP) is 2.60. The molecule has 1 aliphatic rings. The minimum absolute atomic E-state index is 0.241. The highest BCUT2D eigenvalue weighted by Gasteiger charge is 2.21. The largest absolute Gasteiger partial charge is 0.467 e. The van der Waals surface area contributed by atoms with Crippen molar-refractivity contribution in [3.05, 3.63) is 27.7 Å². The minimum Gasteiger partial charge on any atom is -0.467 e. The molecule has 0 bridgehead atoms. The van der Waals surface area contributed by atoms with E-state index < -0.39 is 0 Å². The first kappa shape index (κ1) is 11.9. The third kappa shape index (κ3) is 2.56. The Bertz CT molecular complexity index is 399. The van der Waals surface area contributed by atoms with Crippen LogP contribution in [0.15, 0.2) is 16.6 Å². The van der Waals surface area contributed by atoms with Crippen LogP contribution in [0.5, 0.6) is 5.75 Å². The van der Waals surface area contributed by atoms with Gasteiger partial charge in [0.05, 0.1) is 6.61 Å². The Morgan fingerprint density at radius 2 is 2.19 bits per heavy atom. The zero-order valence-electron chi connectivity index (χ0n) is 9.55. The monoisotopic (exact) mass is 285 g/mol. The van der Waals surface area contributed by atoms with Crippen LogP contribution >= 0.6 is 15.9 Å². The van der Waals surface area contributed by atoms with Crippen molar-refractivity contribution < 1.29 is 9.47 Å². The summed E-state index contributed by atoms with van der Waals surface area (Å²) in [6.45, 7) is 4.97. The molecule has 1 aromatic rings. The maximum atomic E-state index is 6.07. The molecule has 0 aromatic heterocycles. The van der Waals surface area contributed by atoms with Crippen LogP contribution in [0.1, 0.15) is 25.0 Å². The fraction of sp³-hybridized carbons (Fsp3) is 0.500. The molecular weight excluding hydrogens is 270 g/mol. The van der Waals surface area contributed by atoms with Crippen LogP contribution in [-0.4, -0.2) is 12.3 Å². The van der Waals surface area contributed by atoms with Gasteiger partial charge in [-0.1, -0.05) is 15.9 Å². The van der Waals surface area contributed by atoms with Crippen LogP contribution in [0.25, 0.3) is 0 Å². The van der Waals surface area contributed by atoms with Crippen molar-refractivity contribution in [2.24, 2.45) is 5.73 Å². The molecule has 2 rings (SSSR count). The van der Waals surface area contributed by atoms with Crippen molar-refractivity contribution in [1.82, 2.24) is 0 Å². The molecule has 0 spiro atoms. The van der Waals surface area contributed by atoms with Gasteiger partial charge in [0.2, 0.25) is 0 Å². The van der Waals surface area contributed by atoms with Gasteiger partial charge in [-0.25, -0.2) is 0 Å². The van der Waals surface area contributed by atoms with Crippen LogP contribution in [0, 0.1) is 0 Å². The second-order valence-corrected chi connectivity index (χ2v) is 5.63. The van der Waals surface area contributed by atoms with Gasteiger partial charge in [-0.15, -0.1) is 0 Å². The quantitative estimate of drug-likeness (QED) is 0.909. The standard InChI is InChI=1S/C12H16BrNO2/c1-12(2,14)5-8-9-6-15-7-16-11(9)4-3-10(8)13/h3-4H,5-7,14H2,1-2H3. The number of hydrogen-bond donors (Lipinski definition) is 1. The zero-order chi connectivity index (χ0) is 11.8. The van der Waals surface area contributed by atoms with Crippen LogP contribution in [-0.2, 0) is 17.8 Å². The van der Waals surface area contributed by atoms with Crippen molar-refractivity contribution >= 4 is 15.9 Å². The first-order valence-corrected chi connectivity index (χ1v) is 6.06. The molecule has 0 atom stereocenters. The Morgan fingerprint density at radius 3 is 2.88 bits per heavy atom. The molecule has 16 heavy (non-hydrogen) atoms. The highest BCUT2D eigenvalue weighted by atomic mass is 79.9. The third-order valence-electron chi connectivity index (χ3n) is 2.51. The average molecular weight is 286 g/mol. The van der Waals surface area contributed by atoms with Crippen LogP contribution in [0.3, 0.4) is 0 Å². The molecule has 0 radical (unpaired) electrons. The van der Waals surface area contributed by atoms with E-state index in [1.165, 1.54) is 5.56 Å². The van der Waals surface area contributed by atoms with E-state index in [1.54, 1.807) is 0 Å². The summed E-state index contributed by atoms with van der Waals surface area (Å²) in [5.41, 5.74) is 8.12. The first-order valence-electron chi connectivity index (χ1n) is 5.27. The van der Waals surface area contributed by atoms with E-state index >= 15 is 0 Å². The van der Waals surface area contributed by atoms with Crippen molar-refractivity contribution in [2.75, 3.05) is 6.79 Å². The summed E-state index contributed by atoms with van der Waals surface area (Å²) in [6.07, 6.45) is 0.795. The molecule has 2 N–H and O–H groups in total. The number of ether oxygens (including phenoxy) is 2. The third-order valence-corrected chi connectivity index (χ3v) is 3.25. The second-order valence-electron chi connectivity index (χ2n) is 4.78. The molecule has 0 fully saturated rings. The number of fused-ring (bicyclic) bond motifs is 1. The van der Waals surface area contributed by atoms with Crippen molar-refractivity contribution in [1.29, 1.82) is 0 Å². The minimum atomic E-state index is -0.241. The van der Waals surface area contributed by atoms with E-state index in [0.29, 0.717) is 13.4 Å². The molecule has 0 aliphatic carbocycles. The summed E-state index contributed by atoms with van der Waals surface area (Å²) in [7, 11) is 0. The van der Waals surface area contributed by atoms with E-state index in [9.17, 15) is 0 Å². The first-order chi connectivity index (χ1) is 7.47. The molecule has 0 unspecified atom stereocenters. The molecule has 1 aliphatic heterocycles. The maximum Gasteiger partial charge on any atom is 0.189 e. The van der Waals surface area contributed by atoms with Gasteiger partial charge in [-0.3, -0.25) is 0 Å². The zero-order valence-corrected chi connectivity index (χ0v) is 11.1. The molecule has 4 heteroatoms. The van der Waals surface area contributed by atoms with Gasteiger partial charge in [-0.05, 0) is 38.0 Å². The van der Waals surface area contributed by atoms with Crippen LogP contribution < -0.4 is 10.5 Å². The second kappa shape index (κ2) is 4.35. The summed E-state index contributed by atoms with van der Waals surface area (Å²) in [6, 6.07) is 3.97. The number of rotatable bonds is 2. The van der Waals surface area contributed by atoms with Gasteiger partial charge in [0.15, 0.2) is 6.79 Å². The Labute approximate surface area is 104 Å². The normalized spacial score (nSPS) is 15.5. The van der Waals surface area contributed by atoms with Gasteiger partial charge < -0.3 is 15.2 Å². The lowest BCUT2D eigenvalue weighted by atomic mass is 9.92. The Hall–Kier alpha value is -0.580. The van der Waals surface area contributed by atoms with Crippen LogP contribution in [0.4, 0.5) is 0 Å². The Balaban J connectivity index is 2.42. The van der Waals surface area contributed by atoms with Gasteiger partial charge in [-0.2, -0.15) is 0 Å². The smallest absolute Gasteiger partial charge is 0.189 e. The predicted molar refractivity (Wildman–Crippen MR) is 66.4 cm³/mol. The van der Waals surface area contributed by atoms with Gasteiger partial charge in [0.1, 0.15) is 5.75 Å². The number of hydrogen-bond acceptors (Lipinski definition) is 3. The molecule has 0 saturated carbocycles. The number of halogens is 1. The fourth-order valence-electron chi connectivity index (χ4n) is 1.83. The summed E-state index contributed by atoms with van der Waals surface area (Å²) < 4.78 is 11.8. The molecule has 88 valence electrons. The van der Waals surface area contributed by atoms with E-state index in [0.717, 1.165) is 22.2 Å². The highest BCUT2D eigenvalue weighted by Crippen LogP contribution is 2.33. The molecule has 0 saturated heterocycles. The van der Waals surface area contributed by atoms with E-state index in [-0.39, 0.29) is 5.54 Å². The van der Waals surface area contributed by atoms with E-state index in [2.05, 4.69) is 15.9 Å². The Kier molecular flexibility index (Phi) is 3.24. The lowest BCUT2D eigenvalue weighted by Gasteiger charge is -2.25. The molecule has 3 nitrogen and oxygen atoms in total. The van der Waals surface area contributed by atoms with Gasteiger partial charge in [0.25, 0.3) is 0 Å².